The highest BCUT2D eigenvalue weighted by molar-refractivity contribution is 7.91. The van der Waals surface area contributed by atoms with Gasteiger partial charge in [-0.3, -0.25) is 4.79 Å². The smallest absolute Gasteiger partial charge is 0.249 e. The maximum Gasteiger partial charge on any atom is 0.249 e. The van der Waals surface area contributed by atoms with Crippen LogP contribution in [0.4, 0.5) is 0 Å². The lowest BCUT2D eigenvalue weighted by molar-refractivity contribution is -0.131. The Morgan fingerprint density at radius 3 is 2.52 bits per heavy atom. The molecule has 0 aliphatic carbocycles. The lowest BCUT2D eigenvalue weighted by Crippen LogP contribution is -2.37. The average molecular weight is 383 g/mol. The van der Waals surface area contributed by atoms with Crippen LogP contribution in [-0.2, 0) is 19.4 Å². The molecular weight excluding hydrogens is 363 g/mol. The number of hydrogen-bond acceptors (Lipinski definition) is 5. The second-order valence-electron chi connectivity index (χ2n) is 5.12. The first-order valence-electron chi connectivity index (χ1n) is 7.04. The Balaban J connectivity index is 0.00000264. The van der Waals surface area contributed by atoms with Crippen molar-refractivity contribution in [1.29, 1.82) is 0 Å². The Hall–Kier alpha value is -0.860. The van der Waals surface area contributed by atoms with Gasteiger partial charge in [-0.1, -0.05) is 11.6 Å². The van der Waals surface area contributed by atoms with Gasteiger partial charge in [0.15, 0.2) is 9.84 Å². The van der Waals surface area contributed by atoms with Crippen molar-refractivity contribution in [2.45, 2.75) is 29.9 Å². The highest BCUT2D eigenvalue weighted by Gasteiger charge is 2.29. The van der Waals surface area contributed by atoms with Crippen molar-refractivity contribution in [2.24, 2.45) is 5.73 Å². The van der Waals surface area contributed by atoms with Crippen LogP contribution >= 0.6 is 24.0 Å². The van der Waals surface area contributed by atoms with Gasteiger partial charge in [0.1, 0.15) is 6.10 Å². The molecule has 1 heterocycles. The third-order valence-electron chi connectivity index (χ3n) is 3.51. The van der Waals surface area contributed by atoms with E-state index in [4.69, 9.17) is 22.1 Å². The number of halogens is 2. The number of sulfone groups is 1. The van der Waals surface area contributed by atoms with Gasteiger partial charge in [-0.15, -0.1) is 12.4 Å². The fourth-order valence-electron chi connectivity index (χ4n) is 2.25. The predicted molar refractivity (Wildman–Crippen MR) is 90.7 cm³/mol. The number of hydrogen-bond donors (Lipinski definition) is 2. The third kappa shape index (κ3) is 5.61. The molecule has 6 nitrogen and oxygen atoms in total. The summed E-state index contributed by atoms with van der Waals surface area (Å²) in [5.41, 5.74) is 5.48. The molecule has 2 atom stereocenters. The molecule has 130 valence electrons. The van der Waals surface area contributed by atoms with Gasteiger partial charge in [-0.25, -0.2) is 8.42 Å². The molecule has 1 saturated heterocycles. The highest BCUT2D eigenvalue weighted by atomic mass is 35.5. The van der Waals surface area contributed by atoms with Crippen molar-refractivity contribution in [3.05, 3.63) is 29.3 Å². The fraction of sp³-hybridized carbons (Fsp3) is 0.500. The first-order valence-corrected chi connectivity index (χ1v) is 9.07. The fourth-order valence-corrected chi connectivity index (χ4v) is 3.54. The summed E-state index contributed by atoms with van der Waals surface area (Å²) in [7, 11) is -3.45. The highest BCUT2D eigenvalue weighted by Crippen LogP contribution is 2.19. The monoisotopic (exact) mass is 382 g/mol. The van der Waals surface area contributed by atoms with E-state index in [0.717, 1.165) is 6.42 Å². The Morgan fingerprint density at radius 2 is 1.96 bits per heavy atom. The van der Waals surface area contributed by atoms with Crippen molar-refractivity contribution in [1.82, 2.24) is 5.32 Å². The van der Waals surface area contributed by atoms with Crippen LogP contribution < -0.4 is 11.1 Å². The zero-order valence-electron chi connectivity index (χ0n) is 12.4. The second kappa shape index (κ2) is 8.84. The molecule has 3 N–H and O–H groups in total. The summed E-state index contributed by atoms with van der Waals surface area (Å²) in [6.45, 7) is 0.422. The van der Waals surface area contributed by atoms with E-state index in [1.54, 1.807) is 0 Å². The number of amides is 1. The average Bonchev–Trinajstić information content (AvgIpc) is 2.96. The molecule has 23 heavy (non-hydrogen) atoms. The van der Waals surface area contributed by atoms with Crippen molar-refractivity contribution in [2.75, 3.05) is 18.8 Å². The van der Waals surface area contributed by atoms with Crippen molar-refractivity contribution in [3.8, 4) is 0 Å². The van der Waals surface area contributed by atoms with E-state index >= 15 is 0 Å². The standard InChI is InChI=1S/C14H19ClN2O4S.ClH/c15-10-1-4-12(5-2-10)22(19,20)8-7-17-14(18)13-6-3-11(9-16)21-13;/h1-2,4-5,11,13H,3,6-9,16H2,(H,17,18);1H/t11-,13+;/m1./s1. The molecule has 0 spiro atoms. The molecule has 0 aromatic heterocycles. The zero-order chi connectivity index (χ0) is 16.2. The first-order chi connectivity index (χ1) is 10.4. The zero-order valence-corrected chi connectivity index (χ0v) is 14.8. The van der Waals surface area contributed by atoms with E-state index < -0.39 is 15.9 Å². The Labute approximate surface area is 147 Å². The Morgan fingerprint density at radius 1 is 1.30 bits per heavy atom. The van der Waals surface area contributed by atoms with Crippen LogP contribution in [0.1, 0.15) is 12.8 Å². The van der Waals surface area contributed by atoms with Gasteiger partial charge in [0, 0.05) is 18.1 Å². The van der Waals surface area contributed by atoms with Gasteiger partial charge >= 0.3 is 0 Å². The van der Waals surface area contributed by atoms with Gasteiger partial charge in [0.05, 0.1) is 16.8 Å². The van der Waals surface area contributed by atoms with Crippen LogP contribution in [0.2, 0.25) is 5.02 Å². The number of nitrogens with two attached hydrogens (primary N) is 1. The largest absolute Gasteiger partial charge is 0.364 e. The molecule has 1 aliphatic rings. The molecule has 9 heteroatoms. The van der Waals surface area contributed by atoms with Crippen LogP contribution in [0.5, 0.6) is 0 Å². The van der Waals surface area contributed by atoms with E-state index in [-0.39, 0.29) is 41.6 Å². The molecule has 1 aliphatic heterocycles. The van der Waals surface area contributed by atoms with Crippen molar-refractivity contribution in [3.63, 3.8) is 0 Å². The third-order valence-corrected chi connectivity index (χ3v) is 5.49. The predicted octanol–water partition coefficient (Wildman–Crippen LogP) is 1.16. The molecule has 0 radical (unpaired) electrons. The molecule has 0 bridgehead atoms. The molecule has 1 aromatic carbocycles. The van der Waals surface area contributed by atoms with E-state index in [1.165, 1.54) is 24.3 Å². The van der Waals surface area contributed by atoms with E-state index in [0.29, 0.717) is 18.0 Å². The maximum absolute atomic E-state index is 12.1. The van der Waals surface area contributed by atoms with Gasteiger partial charge < -0.3 is 15.8 Å². The summed E-state index contributed by atoms with van der Waals surface area (Å²) in [6.07, 6.45) is 0.732. The summed E-state index contributed by atoms with van der Waals surface area (Å²) >= 11 is 5.73. The van der Waals surface area contributed by atoms with Crippen LogP contribution in [0, 0.1) is 0 Å². The molecule has 0 unspecified atom stereocenters. The van der Waals surface area contributed by atoms with Gasteiger partial charge in [0.2, 0.25) is 5.91 Å². The molecule has 0 saturated carbocycles. The van der Waals surface area contributed by atoms with E-state index in [9.17, 15) is 13.2 Å². The second-order valence-corrected chi connectivity index (χ2v) is 7.67. The summed E-state index contributed by atoms with van der Waals surface area (Å²) in [4.78, 5) is 12.1. The minimum Gasteiger partial charge on any atom is -0.364 e. The van der Waals surface area contributed by atoms with Crippen LogP contribution in [0.25, 0.3) is 0 Å². The quantitative estimate of drug-likeness (QED) is 0.768. The number of carbonyl (C=O) groups excluding carboxylic acids is 1. The van der Waals surface area contributed by atoms with E-state index in [2.05, 4.69) is 5.32 Å². The van der Waals surface area contributed by atoms with Crippen LogP contribution in [0.15, 0.2) is 29.2 Å². The first kappa shape index (κ1) is 20.2. The van der Waals surface area contributed by atoms with Crippen molar-refractivity contribution >= 4 is 39.8 Å². The SMILES string of the molecule is Cl.NC[C@H]1CC[C@@H](C(=O)NCCS(=O)(=O)c2ccc(Cl)cc2)O1. The van der Waals surface area contributed by atoms with Crippen LogP contribution in [-0.4, -0.2) is 45.4 Å². The Bertz CT molecular complexity index is 622. The molecular formula is C14H20Cl2N2O4S. The summed E-state index contributed by atoms with van der Waals surface area (Å²) in [5.74, 6) is -0.463. The number of rotatable bonds is 6. The van der Waals surface area contributed by atoms with Gasteiger partial charge in [-0.05, 0) is 37.1 Å². The normalized spacial score (nSPS) is 20.8. The summed E-state index contributed by atoms with van der Waals surface area (Å²) in [6, 6.07) is 5.94. The number of ether oxygens (including phenoxy) is 1. The number of carbonyl (C=O) groups is 1. The molecule has 1 fully saturated rings. The Kier molecular flexibility index (Phi) is 7.76. The molecule has 1 amide bonds. The lowest BCUT2D eigenvalue weighted by atomic mass is 10.2. The molecule has 2 rings (SSSR count). The van der Waals surface area contributed by atoms with E-state index in [1.807, 2.05) is 0 Å². The minimum absolute atomic E-state index is 0. The number of benzene rings is 1. The minimum atomic E-state index is -3.45. The molecule has 1 aromatic rings. The van der Waals surface area contributed by atoms with Gasteiger partial charge in [-0.2, -0.15) is 0 Å². The topological polar surface area (TPSA) is 98.5 Å². The summed E-state index contributed by atoms with van der Waals surface area (Å²) < 4.78 is 29.7. The van der Waals surface area contributed by atoms with Crippen LogP contribution in [0.3, 0.4) is 0 Å². The van der Waals surface area contributed by atoms with Gasteiger partial charge in [0.25, 0.3) is 0 Å². The van der Waals surface area contributed by atoms with Crippen molar-refractivity contribution < 1.29 is 17.9 Å². The lowest BCUT2D eigenvalue weighted by Gasteiger charge is -2.12. The summed E-state index contributed by atoms with van der Waals surface area (Å²) in [5, 5.41) is 3.07. The number of nitrogens with one attached hydrogen (secondary N) is 1. The maximum atomic E-state index is 12.1.